The maximum atomic E-state index is 12.8. The van der Waals surface area contributed by atoms with Crippen molar-refractivity contribution in [2.24, 2.45) is 0 Å². The number of hydrogen-bond donors (Lipinski definition) is 1. The second-order valence-corrected chi connectivity index (χ2v) is 10.7. The number of ether oxygens (including phenoxy) is 1. The summed E-state index contributed by atoms with van der Waals surface area (Å²) in [5.74, 6) is 0.860. The van der Waals surface area contributed by atoms with Crippen molar-refractivity contribution < 1.29 is 9.53 Å². The van der Waals surface area contributed by atoms with Gasteiger partial charge in [-0.1, -0.05) is 6.42 Å². The number of thiazole rings is 1. The Kier molecular flexibility index (Phi) is 5.82. The molecule has 34 heavy (non-hydrogen) atoms. The first kappa shape index (κ1) is 21.7. The van der Waals surface area contributed by atoms with Crippen LogP contribution in [0.3, 0.4) is 0 Å². The zero-order chi connectivity index (χ0) is 23.1. The number of aromatic amines is 1. The normalized spacial score (nSPS) is 22.8. The summed E-state index contributed by atoms with van der Waals surface area (Å²) < 4.78 is 6.23. The maximum Gasteiger partial charge on any atom is 0.276 e. The van der Waals surface area contributed by atoms with Crippen molar-refractivity contribution in [2.75, 3.05) is 19.6 Å². The van der Waals surface area contributed by atoms with Crippen molar-refractivity contribution in [1.29, 1.82) is 0 Å². The average Bonchev–Trinajstić information content (AvgIpc) is 3.47. The number of benzene rings is 1. The molecule has 6 rings (SSSR count). The number of piperidine rings is 1. The van der Waals surface area contributed by atoms with Crippen LogP contribution < -0.4 is 4.74 Å². The Morgan fingerprint density at radius 2 is 1.88 bits per heavy atom. The number of carbonyl (C=O) groups is 1. The molecule has 8 nitrogen and oxygen atoms in total. The summed E-state index contributed by atoms with van der Waals surface area (Å²) in [6.07, 6.45) is 7.46. The minimum absolute atomic E-state index is 0.0770. The molecule has 3 aliphatic rings. The maximum absolute atomic E-state index is 12.8. The van der Waals surface area contributed by atoms with Crippen molar-refractivity contribution in [3.05, 3.63) is 46.2 Å². The molecule has 0 radical (unpaired) electrons. The van der Waals surface area contributed by atoms with E-state index in [-0.39, 0.29) is 5.91 Å². The highest BCUT2D eigenvalue weighted by Gasteiger charge is 2.35. The molecule has 2 fully saturated rings. The molecule has 1 aromatic carbocycles. The van der Waals surface area contributed by atoms with E-state index in [2.05, 4.69) is 44.6 Å². The number of nitrogens with zero attached hydrogens (tertiary/aromatic N) is 5. The number of aryl methyl sites for hydroxylation is 1. The van der Waals surface area contributed by atoms with Crippen LogP contribution in [0.4, 0.5) is 0 Å². The Labute approximate surface area is 203 Å². The van der Waals surface area contributed by atoms with Crippen LogP contribution >= 0.6 is 11.3 Å². The number of H-pyrrole nitrogens is 1. The first-order valence-electron chi connectivity index (χ1n) is 12.3. The summed E-state index contributed by atoms with van der Waals surface area (Å²) >= 11 is 1.67. The fourth-order valence-corrected chi connectivity index (χ4v) is 6.34. The van der Waals surface area contributed by atoms with E-state index < -0.39 is 0 Å². The fourth-order valence-electron chi connectivity index (χ4n) is 5.21. The van der Waals surface area contributed by atoms with E-state index in [1.54, 1.807) is 18.3 Å². The standard InChI is InChI=1S/C25H30N6O2S/c1-16-23(28-29-27-16)25(32)31-12-9-21-22(15-31)34-24(26-21)17-5-7-19(8-6-17)33-20-13-18(14-20)30-10-3-2-4-11-30/h5-8,18,20H,2-4,9-15H2,1H3,(H,27,28,29). The van der Waals surface area contributed by atoms with E-state index >= 15 is 0 Å². The third-order valence-electron chi connectivity index (χ3n) is 7.32. The van der Waals surface area contributed by atoms with Crippen molar-refractivity contribution in [1.82, 2.24) is 30.2 Å². The molecule has 1 N–H and O–H groups in total. The Balaban J connectivity index is 1.07. The molecule has 9 heteroatoms. The second kappa shape index (κ2) is 9.11. The Hall–Kier alpha value is -2.78. The number of likely N-dealkylation sites (tertiary alicyclic amines) is 1. The lowest BCUT2D eigenvalue weighted by Crippen LogP contribution is -2.50. The summed E-state index contributed by atoms with van der Waals surface area (Å²) in [6, 6.07) is 9.04. The number of carbonyl (C=O) groups excluding carboxylic acids is 1. The van der Waals surface area contributed by atoms with Gasteiger partial charge in [0, 0.05) is 42.3 Å². The summed E-state index contributed by atoms with van der Waals surface area (Å²) in [7, 11) is 0. The second-order valence-electron chi connectivity index (χ2n) is 9.61. The van der Waals surface area contributed by atoms with Crippen LogP contribution in [-0.4, -0.2) is 67.9 Å². The number of fused-ring (bicyclic) bond motifs is 1. The average molecular weight is 479 g/mol. The number of hydrogen-bond acceptors (Lipinski definition) is 7. The van der Waals surface area contributed by atoms with Gasteiger partial charge in [-0.2, -0.15) is 15.4 Å². The van der Waals surface area contributed by atoms with Crippen molar-refractivity contribution in [3.63, 3.8) is 0 Å². The van der Waals surface area contributed by atoms with Gasteiger partial charge in [0.05, 0.1) is 17.9 Å². The van der Waals surface area contributed by atoms with Gasteiger partial charge in [0.25, 0.3) is 5.91 Å². The zero-order valence-corrected chi connectivity index (χ0v) is 20.3. The van der Waals surface area contributed by atoms with Crippen LogP contribution in [0.5, 0.6) is 5.75 Å². The summed E-state index contributed by atoms with van der Waals surface area (Å²) in [5.41, 5.74) is 3.22. The number of amides is 1. The van der Waals surface area contributed by atoms with E-state index in [1.807, 2.05) is 4.90 Å². The van der Waals surface area contributed by atoms with Crippen molar-refractivity contribution in [2.45, 2.75) is 64.1 Å². The number of rotatable bonds is 5. The zero-order valence-electron chi connectivity index (χ0n) is 19.5. The number of nitrogens with one attached hydrogen (secondary N) is 1. The molecule has 0 bridgehead atoms. The monoisotopic (exact) mass is 478 g/mol. The molecular weight excluding hydrogens is 448 g/mol. The van der Waals surface area contributed by atoms with E-state index in [4.69, 9.17) is 9.72 Å². The summed E-state index contributed by atoms with van der Waals surface area (Å²) in [4.78, 5) is 23.3. The summed E-state index contributed by atoms with van der Waals surface area (Å²) in [5, 5.41) is 11.5. The topological polar surface area (TPSA) is 87.2 Å². The highest BCUT2D eigenvalue weighted by molar-refractivity contribution is 7.15. The molecule has 178 valence electrons. The lowest BCUT2D eigenvalue weighted by atomic mass is 9.86. The van der Waals surface area contributed by atoms with Crippen LogP contribution in [-0.2, 0) is 13.0 Å². The van der Waals surface area contributed by atoms with Crippen LogP contribution in [0.25, 0.3) is 10.6 Å². The van der Waals surface area contributed by atoms with Crippen LogP contribution in [0, 0.1) is 6.92 Å². The molecule has 2 aromatic heterocycles. The highest BCUT2D eigenvalue weighted by atomic mass is 32.1. The minimum atomic E-state index is -0.0770. The first-order chi connectivity index (χ1) is 16.6. The van der Waals surface area contributed by atoms with Gasteiger partial charge in [-0.05, 0) is 57.1 Å². The third-order valence-corrected chi connectivity index (χ3v) is 8.46. The van der Waals surface area contributed by atoms with Gasteiger partial charge in [-0.25, -0.2) is 4.98 Å². The van der Waals surface area contributed by atoms with Crippen LogP contribution in [0.15, 0.2) is 24.3 Å². The molecule has 0 unspecified atom stereocenters. The molecule has 1 saturated heterocycles. The van der Waals surface area contributed by atoms with Gasteiger partial charge in [0.2, 0.25) is 0 Å². The van der Waals surface area contributed by atoms with Crippen molar-refractivity contribution in [3.8, 4) is 16.3 Å². The first-order valence-corrected chi connectivity index (χ1v) is 13.1. The minimum Gasteiger partial charge on any atom is -0.490 e. The van der Waals surface area contributed by atoms with Crippen LogP contribution in [0.1, 0.15) is 58.9 Å². The molecule has 1 aliphatic carbocycles. The van der Waals surface area contributed by atoms with E-state index in [0.29, 0.717) is 36.6 Å². The fraction of sp³-hybridized carbons (Fsp3) is 0.520. The molecule has 0 atom stereocenters. The van der Waals surface area contributed by atoms with Gasteiger partial charge in [0.1, 0.15) is 16.9 Å². The summed E-state index contributed by atoms with van der Waals surface area (Å²) in [6.45, 7) is 5.53. The molecule has 3 aromatic rings. The molecule has 1 saturated carbocycles. The highest BCUT2D eigenvalue weighted by Crippen LogP contribution is 2.35. The van der Waals surface area contributed by atoms with Gasteiger partial charge in [-0.3, -0.25) is 4.79 Å². The molecule has 4 heterocycles. The molecule has 1 amide bonds. The van der Waals surface area contributed by atoms with Gasteiger partial charge in [-0.15, -0.1) is 11.3 Å². The van der Waals surface area contributed by atoms with Gasteiger partial charge >= 0.3 is 0 Å². The Bertz CT molecular complexity index is 1160. The largest absolute Gasteiger partial charge is 0.490 e. The quantitative estimate of drug-likeness (QED) is 0.600. The van der Waals surface area contributed by atoms with Gasteiger partial charge < -0.3 is 14.5 Å². The van der Waals surface area contributed by atoms with Crippen molar-refractivity contribution >= 4 is 17.2 Å². The predicted molar refractivity (Wildman–Crippen MR) is 130 cm³/mol. The van der Waals surface area contributed by atoms with E-state index in [9.17, 15) is 4.79 Å². The van der Waals surface area contributed by atoms with E-state index in [1.165, 1.54) is 32.4 Å². The molecular formula is C25H30N6O2S. The lowest BCUT2D eigenvalue weighted by molar-refractivity contribution is 0.00892. The number of aromatic nitrogens is 4. The van der Waals surface area contributed by atoms with Gasteiger partial charge in [0.15, 0.2) is 5.69 Å². The molecule has 0 spiro atoms. The Morgan fingerprint density at radius 1 is 1.09 bits per heavy atom. The third kappa shape index (κ3) is 4.22. The molecule has 2 aliphatic heterocycles. The predicted octanol–water partition coefficient (Wildman–Crippen LogP) is 3.83. The SMILES string of the molecule is Cc1n[nH]nc1C(=O)N1CCc2nc(-c3ccc(OC4CC(N5CCCCC5)C4)cc3)sc2C1. The smallest absolute Gasteiger partial charge is 0.276 e. The van der Waals surface area contributed by atoms with Crippen LogP contribution in [0.2, 0.25) is 0 Å². The Morgan fingerprint density at radius 3 is 2.62 bits per heavy atom. The van der Waals surface area contributed by atoms with E-state index in [0.717, 1.165) is 46.2 Å². The lowest BCUT2D eigenvalue weighted by Gasteiger charge is -2.44.